The van der Waals surface area contributed by atoms with Crippen LogP contribution in [0.4, 0.5) is 0 Å². The number of hydrogen-bond donors (Lipinski definition) is 1. The standard InChI is InChI=1S/C18H36N4O4S.HI/c1-19-18(20-15-16-5-11-22(12-6-16)27(3,23)24)21-9-7-17(8-10-21)26-14-4-13-25-2;/h16-17H,4-15H2,1-3H3,(H,19,20);1H. The van der Waals surface area contributed by atoms with Crippen LogP contribution >= 0.6 is 24.0 Å². The number of rotatable bonds is 8. The number of sulfonamides is 1. The van der Waals surface area contributed by atoms with E-state index in [1.165, 1.54) is 6.26 Å². The van der Waals surface area contributed by atoms with Crippen molar-refractivity contribution in [3.05, 3.63) is 0 Å². The molecule has 0 atom stereocenters. The molecule has 0 unspecified atom stereocenters. The monoisotopic (exact) mass is 532 g/mol. The zero-order valence-corrected chi connectivity index (χ0v) is 20.6. The van der Waals surface area contributed by atoms with Crippen molar-refractivity contribution in [2.24, 2.45) is 10.9 Å². The lowest BCUT2D eigenvalue weighted by atomic mass is 9.98. The predicted molar refractivity (Wildman–Crippen MR) is 123 cm³/mol. The van der Waals surface area contributed by atoms with E-state index in [4.69, 9.17) is 9.47 Å². The molecular formula is C18H37IN4O4S. The first-order valence-electron chi connectivity index (χ1n) is 9.95. The van der Waals surface area contributed by atoms with Crippen LogP contribution in [0, 0.1) is 5.92 Å². The van der Waals surface area contributed by atoms with E-state index in [1.54, 1.807) is 11.4 Å². The summed E-state index contributed by atoms with van der Waals surface area (Å²) in [6.45, 7) is 5.49. The molecule has 0 bridgehead atoms. The maximum Gasteiger partial charge on any atom is 0.211 e. The van der Waals surface area contributed by atoms with E-state index in [1.807, 2.05) is 7.05 Å². The Labute approximate surface area is 187 Å². The molecule has 0 aromatic rings. The van der Waals surface area contributed by atoms with E-state index in [0.717, 1.165) is 70.9 Å². The number of nitrogens with zero attached hydrogens (tertiary/aromatic N) is 3. The molecule has 0 aliphatic carbocycles. The van der Waals surface area contributed by atoms with Gasteiger partial charge < -0.3 is 19.7 Å². The highest BCUT2D eigenvalue weighted by Gasteiger charge is 2.26. The van der Waals surface area contributed by atoms with Crippen LogP contribution in [-0.2, 0) is 19.5 Å². The van der Waals surface area contributed by atoms with Gasteiger partial charge in [-0.2, -0.15) is 0 Å². The van der Waals surface area contributed by atoms with Crippen molar-refractivity contribution in [2.75, 3.05) is 66.4 Å². The van der Waals surface area contributed by atoms with E-state index in [0.29, 0.717) is 25.1 Å². The van der Waals surface area contributed by atoms with Gasteiger partial charge >= 0.3 is 0 Å². The second kappa shape index (κ2) is 13.2. The summed E-state index contributed by atoms with van der Waals surface area (Å²) in [5.74, 6) is 1.43. The van der Waals surface area contributed by atoms with Crippen LogP contribution in [0.2, 0.25) is 0 Å². The van der Waals surface area contributed by atoms with E-state index < -0.39 is 10.0 Å². The zero-order chi connectivity index (χ0) is 19.7. The first-order chi connectivity index (χ1) is 12.9. The molecular weight excluding hydrogens is 495 g/mol. The van der Waals surface area contributed by atoms with E-state index in [9.17, 15) is 8.42 Å². The van der Waals surface area contributed by atoms with Crippen LogP contribution < -0.4 is 5.32 Å². The molecule has 2 aliphatic rings. The number of hydrogen-bond acceptors (Lipinski definition) is 5. The Kier molecular flexibility index (Phi) is 12.2. The molecule has 0 amide bonds. The summed E-state index contributed by atoms with van der Waals surface area (Å²) in [5.41, 5.74) is 0. The largest absolute Gasteiger partial charge is 0.385 e. The molecule has 8 nitrogen and oxygen atoms in total. The third-order valence-corrected chi connectivity index (χ3v) is 6.69. The Hall–Kier alpha value is -0.170. The lowest BCUT2D eigenvalue weighted by Gasteiger charge is -2.35. The lowest BCUT2D eigenvalue weighted by molar-refractivity contribution is 0.00987. The minimum atomic E-state index is -3.06. The van der Waals surface area contributed by atoms with E-state index in [2.05, 4.69) is 15.2 Å². The van der Waals surface area contributed by atoms with Crippen molar-refractivity contribution < 1.29 is 17.9 Å². The lowest BCUT2D eigenvalue weighted by Crippen LogP contribution is -2.49. The van der Waals surface area contributed by atoms with Gasteiger partial charge in [-0.25, -0.2) is 12.7 Å². The topological polar surface area (TPSA) is 83.5 Å². The first-order valence-corrected chi connectivity index (χ1v) is 11.8. The second-order valence-electron chi connectivity index (χ2n) is 7.44. The van der Waals surface area contributed by atoms with Crippen LogP contribution in [0.5, 0.6) is 0 Å². The molecule has 0 spiro atoms. The van der Waals surface area contributed by atoms with Gasteiger partial charge in [0.1, 0.15) is 0 Å². The van der Waals surface area contributed by atoms with Crippen molar-refractivity contribution in [1.29, 1.82) is 0 Å². The SMILES string of the molecule is CN=C(NCC1CCN(S(C)(=O)=O)CC1)N1CCC(OCCCOC)CC1.I. The molecule has 166 valence electrons. The number of likely N-dealkylation sites (tertiary alicyclic amines) is 1. The van der Waals surface area contributed by atoms with Crippen LogP contribution in [0.15, 0.2) is 4.99 Å². The van der Waals surface area contributed by atoms with Crippen molar-refractivity contribution in [3.8, 4) is 0 Å². The van der Waals surface area contributed by atoms with Gasteiger partial charge in [0.2, 0.25) is 10.0 Å². The normalized spacial score (nSPS) is 20.8. The molecule has 2 fully saturated rings. The summed E-state index contributed by atoms with van der Waals surface area (Å²) in [7, 11) is 0.480. The maximum atomic E-state index is 11.6. The van der Waals surface area contributed by atoms with Gasteiger partial charge in [-0.1, -0.05) is 0 Å². The molecule has 0 saturated carbocycles. The number of methoxy groups -OCH3 is 1. The smallest absolute Gasteiger partial charge is 0.211 e. The second-order valence-corrected chi connectivity index (χ2v) is 9.42. The van der Waals surface area contributed by atoms with Gasteiger partial charge in [-0.3, -0.25) is 4.99 Å². The van der Waals surface area contributed by atoms with Crippen molar-refractivity contribution >= 4 is 40.0 Å². The van der Waals surface area contributed by atoms with Gasteiger partial charge in [0.05, 0.1) is 12.4 Å². The van der Waals surface area contributed by atoms with Crippen LogP contribution in [0.3, 0.4) is 0 Å². The quantitative estimate of drug-likeness (QED) is 0.220. The predicted octanol–water partition coefficient (Wildman–Crippen LogP) is 1.37. The van der Waals surface area contributed by atoms with Crippen LogP contribution in [0.1, 0.15) is 32.1 Å². The molecule has 2 saturated heterocycles. The molecule has 0 radical (unpaired) electrons. The number of guanidine groups is 1. The molecule has 2 heterocycles. The van der Waals surface area contributed by atoms with Crippen molar-refractivity contribution in [3.63, 3.8) is 0 Å². The van der Waals surface area contributed by atoms with Crippen molar-refractivity contribution in [1.82, 2.24) is 14.5 Å². The molecule has 2 aliphatic heterocycles. The summed E-state index contributed by atoms with van der Waals surface area (Å²) in [4.78, 5) is 6.72. The third-order valence-electron chi connectivity index (χ3n) is 5.39. The fraction of sp³-hybridized carbons (Fsp3) is 0.944. The summed E-state index contributed by atoms with van der Waals surface area (Å²) in [6.07, 6.45) is 6.39. The molecule has 0 aromatic carbocycles. The highest BCUT2D eigenvalue weighted by atomic mass is 127. The Morgan fingerprint density at radius 3 is 2.29 bits per heavy atom. The zero-order valence-electron chi connectivity index (χ0n) is 17.4. The number of piperidine rings is 2. The van der Waals surface area contributed by atoms with Crippen LogP contribution in [-0.4, -0.2) is 96.0 Å². The summed E-state index contributed by atoms with van der Waals surface area (Å²) in [5, 5.41) is 3.49. The number of ether oxygens (including phenoxy) is 2. The fourth-order valence-electron chi connectivity index (χ4n) is 3.70. The third kappa shape index (κ3) is 8.68. The van der Waals surface area contributed by atoms with E-state index >= 15 is 0 Å². The molecule has 1 N–H and O–H groups in total. The van der Waals surface area contributed by atoms with Gasteiger partial charge in [-0.05, 0) is 38.0 Å². The number of aliphatic imine (C=N–C) groups is 1. The summed E-state index contributed by atoms with van der Waals surface area (Å²) < 4.78 is 35.8. The average molecular weight is 532 g/mol. The number of nitrogens with one attached hydrogen (secondary N) is 1. The van der Waals surface area contributed by atoms with Gasteiger partial charge in [0, 0.05) is 60.1 Å². The number of halogens is 1. The van der Waals surface area contributed by atoms with E-state index in [-0.39, 0.29) is 24.0 Å². The highest BCUT2D eigenvalue weighted by Crippen LogP contribution is 2.19. The summed E-state index contributed by atoms with van der Waals surface area (Å²) >= 11 is 0. The molecule has 28 heavy (non-hydrogen) atoms. The Bertz CT molecular complexity index is 560. The van der Waals surface area contributed by atoms with Crippen LogP contribution in [0.25, 0.3) is 0 Å². The fourth-order valence-corrected chi connectivity index (χ4v) is 4.57. The van der Waals surface area contributed by atoms with Gasteiger partial charge in [0.15, 0.2) is 5.96 Å². The van der Waals surface area contributed by atoms with Gasteiger partial charge in [0.25, 0.3) is 0 Å². The molecule has 2 rings (SSSR count). The molecule has 10 heteroatoms. The minimum absolute atomic E-state index is 0. The Morgan fingerprint density at radius 2 is 1.75 bits per heavy atom. The first kappa shape index (κ1) is 25.9. The summed E-state index contributed by atoms with van der Waals surface area (Å²) in [6, 6.07) is 0. The maximum absolute atomic E-state index is 11.6. The highest BCUT2D eigenvalue weighted by molar-refractivity contribution is 14.0. The average Bonchev–Trinajstić information content (AvgIpc) is 2.66. The Balaban J connectivity index is 0.00000392. The minimum Gasteiger partial charge on any atom is -0.385 e. The van der Waals surface area contributed by atoms with Gasteiger partial charge in [-0.15, -0.1) is 24.0 Å². The van der Waals surface area contributed by atoms with Crippen molar-refractivity contribution in [2.45, 2.75) is 38.2 Å². The molecule has 0 aromatic heterocycles. The Morgan fingerprint density at radius 1 is 1.11 bits per heavy atom.